The zero-order chi connectivity index (χ0) is 15.4. The van der Waals surface area contributed by atoms with E-state index in [2.05, 4.69) is 15.9 Å². The van der Waals surface area contributed by atoms with Crippen LogP contribution in [0.1, 0.15) is 10.4 Å². The van der Waals surface area contributed by atoms with Gasteiger partial charge in [-0.1, -0.05) is 60.7 Å². The SMILES string of the molecule is O=C(Oc1ccccc1Br)c1ccccc1-c1ccccc1. The van der Waals surface area contributed by atoms with Crippen LogP contribution in [0.15, 0.2) is 83.3 Å². The fraction of sp³-hybridized carbons (Fsp3) is 0. The molecule has 0 N–H and O–H groups in total. The molecule has 0 amide bonds. The van der Waals surface area contributed by atoms with Crippen LogP contribution >= 0.6 is 15.9 Å². The second kappa shape index (κ2) is 6.58. The van der Waals surface area contributed by atoms with Gasteiger partial charge in [-0.25, -0.2) is 4.79 Å². The van der Waals surface area contributed by atoms with Crippen LogP contribution in [0, 0.1) is 0 Å². The van der Waals surface area contributed by atoms with Gasteiger partial charge in [0.1, 0.15) is 5.75 Å². The first-order valence-corrected chi connectivity index (χ1v) is 7.66. The summed E-state index contributed by atoms with van der Waals surface area (Å²) in [6.07, 6.45) is 0. The molecule has 0 aliphatic heterocycles. The number of carbonyl (C=O) groups excluding carboxylic acids is 1. The van der Waals surface area contributed by atoms with E-state index in [0.717, 1.165) is 15.6 Å². The fourth-order valence-electron chi connectivity index (χ4n) is 2.21. The second-order valence-corrected chi connectivity index (χ2v) is 5.59. The molecule has 0 spiro atoms. The van der Waals surface area contributed by atoms with Crippen LogP contribution < -0.4 is 4.74 Å². The Bertz CT molecular complexity index is 797. The maximum absolute atomic E-state index is 12.5. The highest BCUT2D eigenvalue weighted by Gasteiger charge is 2.15. The number of para-hydroxylation sites is 1. The van der Waals surface area contributed by atoms with E-state index >= 15 is 0 Å². The predicted octanol–water partition coefficient (Wildman–Crippen LogP) is 5.34. The molecule has 0 fully saturated rings. The smallest absolute Gasteiger partial charge is 0.344 e. The van der Waals surface area contributed by atoms with Crippen molar-refractivity contribution < 1.29 is 9.53 Å². The summed E-state index contributed by atoms with van der Waals surface area (Å²) >= 11 is 3.38. The van der Waals surface area contributed by atoms with Crippen molar-refractivity contribution in [2.24, 2.45) is 0 Å². The van der Waals surface area contributed by atoms with Gasteiger partial charge in [0.25, 0.3) is 0 Å². The summed E-state index contributed by atoms with van der Waals surface area (Å²) < 4.78 is 6.26. The summed E-state index contributed by atoms with van der Waals surface area (Å²) in [4.78, 5) is 12.5. The molecular weight excluding hydrogens is 340 g/mol. The summed E-state index contributed by atoms with van der Waals surface area (Å²) in [5.41, 5.74) is 2.40. The van der Waals surface area contributed by atoms with Gasteiger partial charge < -0.3 is 4.74 Å². The fourth-order valence-corrected chi connectivity index (χ4v) is 2.58. The van der Waals surface area contributed by atoms with Crippen LogP contribution in [0.2, 0.25) is 0 Å². The van der Waals surface area contributed by atoms with Gasteiger partial charge >= 0.3 is 5.97 Å². The molecule has 108 valence electrons. The molecule has 0 bridgehead atoms. The molecule has 0 heterocycles. The second-order valence-electron chi connectivity index (χ2n) is 4.73. The Morgan fingerprint density at radius 3 is 2.18 bits per heavy atom. The molecule has 0 radical (unpaired) electrons. The lowest BCUT2D eigenvalue weighted by atomic mass is 10.00. The van der Waals surface area contributed by atoms with Gasteiger partial charge in [0, 0.05) is 0 Å². The summed E-state index contributed by atoms with van der Waals surface area (Å²) in [7, 11) is 0. The molecule has 2 nitrogen and oxygen atoms in total. The summed E-state index contributed by atoms with van der Waals surface area (Å²) in [5, 5.41) is 0. The van der Waals surface area contributed by atoms with E-state index in [1.54, 1.807) is 12.1 Å². The van der Waals surface area contributed by atoms with Crippen LogP contribution in [0.4, 0.5) is 0 Å². The number of hydrogen-bond acceptors (Lipinski definition) is 2. The highest BCUT2D eigenvalue weighted by molar-refractivity contribution is 9.10. The predicted molar refractivity (Wildman–Crippen MR) is 91.0 cm³/mol. The van der Waals surface area contributed by atoms with Crippen LogP contribution in [-0.2, 0) is 0 Å². The molecule has 3 heteroatoms. The van der Waals surface area contributed by atoms with E-state index in [0.29, 0.717) is 11.3 Å². The van der Waals surface area contributed by atoms with Crippen molar-refractivity contribution in [2.75, 3.05) is 0 Å². The standard InChI is InChI=1S/C19H13BrO2/c20-17-12-6-7-13-18(17)22-19(21)16-11-5-4-10-15(16)14-8-2-1-3-9-14/h1-13H. The summed E-state index contributed by atoms with van der Waals surface area (Å²) in [6, 6.07) is 24.6. The number of esters is 1. The van der Waals surface area contributed by atoms with E-state index < -0.39 is 0 Å². The lowest BCUT2D eigenvalue weighted by molar-refractivity contribution is 0.0734. The summed E-state index contributed by atoms with van der Waals surface area (Å²) in [5.74, 6) is 0.140. The van der Waals surface area contributed by atoms with Crippen molar-refractivity contribution in [2.45, 2.75) is 0 Å². The molecule has 0 aromatic heterocycles. The molecule has 0 saturated carbocycles. The third kappa shape index (κ3) is 3.10. The topological polar surface area (TPSA) is 26.3 Å². The van der Waals surface area contributed by atoms with Crippen molar-refractivity contribution in [1.82, 2.24) is 0 Å². The molecule has 0 aliphatic rings. The normalized spacial score (nSPS) is 10.2. The Balaban J connectivity index is 1.96. The molecule has 0 atom stereocenters. The van der Waals surface area contributed by atoms with Crippen LogP contribution in [0.5, 0.6) is 5.75 Å². The maximum atomic E-state index is 12.5. The number of carbonyl (C=O) groups is 1. The molecule has 3 rings (SSSR count). The molecule has 0 unspecified atom stereocenters. The van der Waals surface area contributed by atoms with E-state index in [1.807, 2.05) is 66.7 Å². The molecule has 3 aromatic rings. The van der Waals surface area contributed by atoms with Gasteiger partial charge in [-0.05, 0) is 45.3 Å². The van der Waals surface area contributed by atoms with Crippen molar-refractivity contribution in [3.05, 3.63) is 88.9 Å². The van der Waals surface area contributed by atoms with Crippen molar-refractivity contribution in [1.29, 1.82) is 0 Å². The monoisotopic (exact) mass is 352 g/mol. The Hall–Kier alpha value is -2.39. The van der Waals surface area contributed by atoms with Crippen LogP contribution in [0.25, 0.3) is 11.1 Å². The van der Waals surface area contributed by atoms with Crippen molar-refractivity contribution in [3.8, 4) is 16.9 Å². The minimum Gasteiger partial charge on any atom is -0.422 e. The van der Waals surface area contributed by atoms with E-state index in [4.69, 9.17) is 4.74 Å². The molecule has 0 aliphatic carbocycles. The van der Waals surface area contributed by atoms with E-state index in [9.17, 15) is 4.79 Å². The number of ether oxygens (including phenoxy) is 1. The molecule has 0 saturated heterocycles. The lowest BCUT2D eigenvalue weighted by Crippen LogP contribution is -2.10. The number of halogens is 1. The maximum Gasteiger partial charge on any atom is 0.344 e. The van der Waals surface area contributed by atoms with Gasteiger partial charge in [-0.2, -0.15) is 0 Å². The molecule has 22 heavy (non-hydrogen) atoms. The Kier molecular flexibility index (Phi) is 4.35. The molecule has 3 aromatic carbocycles. The Labute approximate surface area is 137 Å². The van der Waals surface area contributed by atoms with Gasteiger partial charge in [-0.3, -0.25) is 0 Å². The van der Waals surface area contributed by atoms with E-state index in [1.165, 1.54) is 0 Å². The van der Waals surface area contributed by atoms with Crippen molar-refractivity contribution >= 4 is 21.9 Å². The first-order chi connectivity index (χ1) is 10.8. The number of benzene rings is 3. The highest BCUT2D eigenvalue weighted by atomic mass is 79.9. The third-order valence-corrected chi connectivity index (χ3v) is 3.93. The van der Waals surface area contributed by atoms with Gasteiger partial charge in [0.2, 0.25) is 0 Å². The minimum atomic E-state index is -0.369. The minimum absolute atomic E-state index is 0.369. The molecular formula is C19H13BrO2. The van der Waals surface area contributed by atoms with Crippen LogP contribution in [0.3, 0.4) is 0 Å². The van der Waals surface area contributed by atoms with Gasteiger partial charge in [-0.15, -0.1) is 0 Å². The van der Waals surface area contributed by atoms with Crippen LogP contribution in [-0.4, -0.2) is 5.97 Å². The Morgan fingerprint density at radius 2 is 1.41 bits per heavy atom. The lowest BCUT2D eigenvalue weighted by Gasteiger charge is -2.10. The largest absolute Gasteiger partial charge is 0.422 e. The highest BCUT2D eigenvalue weighted by Crippen LogP contribution is 2.28. The van der Waals surface area contributed by atoms with Gasteiger partial charge in [0.05, 0.1) is 10.0 Å². The average Bonchev–Trinajstić information content (AvgIpc) is 2.58. The first kappa shape index (κ1) is 14.5. The Morgan fingerprint density at radius 1 is 0.773 bits per heavy atom. The first-order valence-electron chi connectivity index (χ1n) is 6.87. The van der Waals surface area contributed by atoms with E-state index in [-0.39, 0.29) is 5.97 Å². The van der Waals surface area contributed by atoms with Crippen molar-refractivity contribution in [3.63, 3.8) is 0 Å². The van der Waals surface area contributed by atoms with Gasteiger partial charge in [0.15, 0.2) is 0 Å². The third-order valence-electron chi connectivity index (χ3n) is 3.27. The number of rotatable bonds is 3. The zero-order valence-corrected chi connectivity index (χ0v) is 13.3. The average molecular weight is 353 g/mol. The quantitative estimate of drug-likeness (QED) is 0.470. The zero-order valence-electron chi connectivity index (χ0n) is 11.7. The number of hydrogen-bond donors (Lipinski definition) is 0. The summed E-state index contributed by atoms with van der Waals surface area (Å²) in [6.45, 7) is 0.